The molecule has 0 fully saturated rings. The van der Waals surface area contributed by atoms with E-state index in [0.29, 0.717) is 22.4 Å². The first-order valence-electron chi connectivity index (χ1n) is 8.71. The second-order valence-electron chi connectivity index (χ2n) is 6.25. The summed E-state index contributed by atoms with van der Waals surface area (Å²) in [4.78, 5) is 29.1. The molecule has 0 saturated carbocycles. The lowest BCUT2D eigenvalue weighted by atomic mass is 10.2. The molecule has 0 unspecified atom stereocenters. The first kappa shape index (κ1) is 17.5. The number of benzene rings is 2. The molecule has 1 amide bonds. The number of carbonyl (C=O) groups excluding carboxylic acids is 1. The van der Waals surface area contributed by atoms with Crippen molar-refractivity contribution >= 4 is 22.5 Å². The van der Waals surface area contributed by atoms with Gasteiger partial charge in [-0.2, -0.15) is 4.68 Å². The van der Waals surface area contributed by atoms with E-state index in [2.05, 4.69) is 25.8 Å². The largest absolute Gasteiger partial charge is 0.326 e. The van der Waals surface area contributed by atoms with E-state index in [1.807, 2.05) is 18.2 Å². The smallest absolute Gasteiger partial charge is 0.261 e. The Kier molecular flexibility index (Phi) is 4.63. The number of tetrazole rings is 1. The highest BCUT2D eigenvalue weighted by atomic mass is 16.2. The molecule has 2 aromatic heterocycles. The number of hydrogen-bond donors (Lipinski definition) is 1. The molecule has 0 aliphatic rings. The van der Waals surface area contributed by atoms with E-state index in [9.17, 15) is 9.59 Å². The summed E-state index contributed by atoms with van der Waals surface area (Å²) in [5, 5.41) is 14.8. The van der Waals surface area contributed by atoms with Crippen molar-refractivity contribution in [3.05, 3.63) is 71.0 Å². The van der Waals surface area contributed by atoms with E-state index in [4.69, 9.17) is 0 Å². The van der Waals surface area contributed by atoms with Crippen LogP contribution >= 0.6 is 0 Å². The number of amides is 1. The van der Waals surface area contributed by atoms with Crippen molar-refractivity contribution < 1.29 is 4.79 Å². The predicted molar refractivity (Wildman–Crippen MR) is 103 cm³/mol. The van der Waals surface area contributed by atoms with Crippen LogP contribution in [0, 0.1) is 6.92 Å². The predicted octanol–water partition coefficient (Wildman–Crippen LogP) is 1.71. The summed E-state index contributed by atoms with van der Waals surface area (Å²) in [6, 6.07) is 14.4. The normalized spacial score (nSPS) is 10.9. The average molecular weight is 375 g/mol. The number of nitrogens with zero attached hydrogens (tertiary/aromatic N) is 6. The van der Waals surface area contributed by atoms with Crippen LogP contribution in [0.3, 0.4) is 0 Å². The fourth-order valence-electron chi connectivity index (χ4n) is 2.90. The number of aromatic nitrogens is 6. The monoisotopic (exact) mass is 375 g/mol. The minimum Gasteiger partial charge on any atom is -0.326 e. The van der Waals surface area contributed by atoms with Crippen LogP contribution in [-0.2, 0) is 11.3 Å². The van der Waals surface area contributed by atoms with Gasteiger partial charge in [-0.05, 0) is 47.7 Å². The molecule has 9 heteroatoms. The van der Waals surface area contributed by atoms with Crippen molar-refractivity contribution in [1.29, 1.82) is 0 Å². The summed E-state index contributed by atoms with van der Waals surface area (Å²) in [5.74, 6) is 0.442. The molecule has 1 N–H and O–H groups in total. The maximum Gasteiger partial charge on any atom is 0.261 e. The van der Waals surface area contributed by atoms with Gasteiger partial charge in [0.2, 0.25) is 5.91 Å². The second kappa shape index (κ2) is 7.39. The lowest BCUT2D eigenvalue weighted by Crippen LogP contribution is -2.23. The molecule has 0 radical (unpaired) electrons. The van der Waals surface area contributed by atoms with Gasteiger partial charge in [0.25, 0.3) is 5.56 Å². The summed E-state index contributed by atoms with van der Waals surface area (Å²) in [6.45, 7) is 2.04. The molecule has 4 rings (SSSR count). The Bertz CT molecular complexity index is 1210. The van der Waals surface area contributed by atoms with E-state index >= 15 is 0 Å². The van der Waals surface area contributed by atoms with Gasteiger partial charge in [0.1, 0.15) is 0 Å². The molecule has 4 aromatic rings. The summed E-state index contributed by atoms with van der Waals surface area (Å²) < 4.78 is 3.03. The Morgan fingerprint density at radius 1 is 1.14 bits per heavy atom. The van der Waals surface area contributed by atoms with Gasteiger partial charge >= 0.3 is 0 Å². The van der Waals surface area contributed by atoms with E-state index < -0.39 is 0 Å². The van der Waals surface area contributed by atoms with Crippen molar-refractivity contribution in [1.82, 2.24) is 29.8 Å². The fourth-order valence-corrected chi connectivity index (χ4v) is 2.90. The SMILES string of the molecule is Cc1nnnn1-c1cccc(NC(=O)CCn2cnc3ccccc3c2=O)c1. The lowest BCUT2D eigenvalue weighted by Gasteiger charge is -2.09. The van der Waals surface area contributed by atoms with Gasteiger partial charge in [0.15, 0.2) is 5.82 Å². The van der Waals surface area contributed by atoms with Gasteiger partial charge in [-0.3, -0.25) is 14.2 Å². The molecule has 0 aliphatic carbocycles. The molecule has 28 heavy (non-hydrogen) atoms. The van der Waals surface area contributed by atoms with Crippen LogP contribution in [0.2, 0.25) is 0 Å². The highest BCUT2D eigenvalue weighted by Crippen LogP contribution is 2.15. The maximum absolute atomic E-state index is 12.5. The van der Waals surface area contributed by atoms with Crippen molar-refractivity contribution in [3.8, 4) is 5.69 Å². The zero-order chi connectivity index (χ0) is 19.5. The number of hydrogen-bond acceptors (Lipinski definition) is 6. The van der Waals surface area contributed by atoms with Gasteiger partial charge < -0.3 is 5.32 Å². The topological polar surface area (TPSA) is 108 Å². The number of rotatable bonds is 5. The molecule has 2 heterocycles. The highest BCUT2D eigenvalue weighted by Gasteiger charge is 2.09. The van der Waals surface area contributed by atoms with Crippen molar-refractivity contribution in [2.45, 2.75) is 19.9 Å². The average Bonchev–Trinajstić information content (AvgIpc) is 3.14. The highest BCUT2D eigenvalue weighted by molar-refractivity contribution is 5.91. The van der Waals surface area contributed by atoms with Crippen LogP contribution in [0.25, 0.3) is 16.6 Å². The third-order valence-electron chi connectivity index (χ3n) is 4.31. The molecule has 0 saturated heterocycles. The van der Waals surface area contributed by atoms with Gasteiger partial charge in [-0.1, -0.05) is 18.2 Å². The van der Waals surface area contributed by atoms with Gasteiger partial charge in [0.05, 0.1) is 22.9 Å². The Balaban J connectivity index is 1.45. The Hall–Kier alpha value is -3.88. The standard InChI is InChI=1S/C19H17N7O2/c1-13-22-23-24-26(13)15-6-4-5-14(11-15)21-18(27)9-10-25-12-20-17-8-3-2-7-16(17)19(25)28/h2-8,11-12H,9-10H2,1H3,(H,21,27). The first-order valence-corrected chi connectivity index (χ1v) is 8.71. The molecule has 9 nitrogen and oxygen atoms in total. The first-order chi connectivity index (χ1) is 13.6. The molecular weight excluding hydrogens is 358 g/mol. The molecule has 0 atom stereocenters. The number of fused-ring (bicyclic) bond motifs is 1. The van der Waals surface area contributed by atoms with Crippen LogP contribution in [0.1, 0.15) is 12.2 Å². The Morgan fingerprint density at radius 3 is 2.82 bits per heavy atom. The molecule has 0 bridgehead atoms. The number of nitrogens with one attached hydrogen (secondary N) is 1. The van der Waals surface area contributed by atoms with Crippen LogP contribution in [0.5, 0.6) is 0 Å². The van der Waals surface area contributed by atoms with Crippen molar-refractivity contribution in [2.24, 2.45) is 0 Å². The summed E-state index contributed by atoms with van der Waals surface area (Å²) in [5.41, 5.74) is 1.86. The summed E-state index contributed by atoms with van der Waals surface area (Å²) in [7, 11) is 0. The van der Waals surface area contributed by atoms with E-state index in [0.717, 1.165) is 5.69 Å². The van der Waals surface area contributed by atoms with E-state index in [1.165, 1.54) is 10.9 Å². The van der Waals surface area contributed by atoms with E-state index in [1.54, 1.807) is 41.9 Å². The lowest BCUT2D eigenvalue weighted by molar-refractivity contribution is -0.116. The van der Waals surface area contributed by atoms with Gasteiger partial charge in [-0.25, -0.2) is 4.98 Å². The number of carbonyl (C=O) groups is 1. The number of anilines is 1. The van der Waals surface area contributed by atoms with Crippen LogP contribution in [-0.4, -0.2) is 35.7 Å². The molecule has 2 aromatic carbocycles. The second-order valence-corrected chi connectivity index (χ2v) is 6.25. The third kappa shape index (κ3) is 3.50. The van der Waals surface area contributed by atoms with Crippen LogP contribution in [0.15, 0.2) is 59.7 Å². The zero-order valence-corrected chi connectivity index (χ0v) is 15.1. The number of aryl methyl sites for hydroxylation is 2. The van der Waals surface area contributed by atoms with Crippen LogP contribution < -0.4 is 10.9 Å². The Morgan fingerprint density at radius 2 is 2.00 bits per heavy atom. The maximum atomic E-state index is 12.5. The third-order valence-corrected chi connectivity index (χ3v) is 4.31. The molecule has 0 aliphatic heterocycles. The minimum atomic E-state index is -0.203. The molecular formula is C19H17N7O2. The van der Waals surface area contributed by atoms with Crippen LogP contribution in [0.4, 0.5) is 5.69 Å². The minimum absolute atomic E-state index is 0.147. The van der Waals surface area contributed by atoms with Gasteiger partial charge in [-0.15, -0.1) is 5.10 Å². The van der Waals surface area contributed by atoms with Crippen molar-refractivity contribution in [3.63, 3.8) is 0 Å². The van der Waals surface area contributed by atoms with Gasteiger partial charge in [0, 0.05) is 18.7 Å². The number of para-hydroxylation sites is 1. The Labute approximate surface area is 159 Å². The molecule has 140 valence electrons. The van der Waals surface area contributed by atoms with Crippen molar-refractivity contribution in [2.75, 3.05) is 5.32 Å². The quantitative estimate of drug-likeness (QED) is 0.569. The fraction of sp³-hybridized carbons (Fsp3) is 0.158. The molecule has 0 spiro atoms. The summed E-state index contributed by atoms with van der Waals surface area (Å²) >= 11 is 0. The summed E-state index contributed by atoms with van der Waals surface area (Å²) in [6.07, 6.45) is 1.62. The zero-order valence-electron chi connectivity index (χ0n) is 15.1. The van der Waals surface area contributed by atoms with E-state index in [-0.39, 0.29) is 24.4 Å².